The largest absolute Gasteiger partial charge is 0.480 e. The van der Waals surface area contributed by atoms with E-state index >= 15 is 0 Å². The zero-order valence-corrected chi connectivity index (χ0v) is 27.4. The van der Waals surface area contributed by atoms with E-state index in [-0.39, 0.29) is 23.7 Å². The lowest BCUT2D eigenvalue weighted by atomic mass is 10.1. The van der Waals surface area contributed by atoms with Crippen LogP contribution in [0.3, 0.4) is 0 Å². The van der Waals surface area contributed by atoms with Crippen LogP contribution in [0, 0.1) is 11.8 Å². The van der Waals surface area contributed by atoms with Crippen molar-refractivity contribution in [2.45, 2.75) is 103 Å². The van der Waals surface area contributed by atoms with E-state index in [0.29, 0.717) is 42.7 Å². The van der Waals surface area contributed by atoms with E-state index in [0.717, 1.165) is 37.9 Å². The van der Waals surface area contributed by atoms with Gasteiger partial charge in [0.1, 0.15) is 12.1 Å². The SMILES string of the molecule is CC.CCCCCC(CSSCC(C)C(=O)N1CCCC1C(=O)O)SSCC(C)C(=O)N1CCCC1C(=O)O. The van der Waals surface area contributed by atoms with Crippen LogP contribution in [-0.2, 0) is 19.2 Å². The van der Waals surface area contributed by atoms with Crippen molar-refractivity contribution < 1.29 is 29.4 Å². The maximum atomic E-state index is 12.8. The molecule has 2 aliphatic heterocycles. The van der Waals surface area contributed by atoms with E-state index in [1.165, 1.54) is 16.2 Å². The highest BCUT2D eigenvalue weighted by atomic mass is 33.1. The first-order valence-corrected chi connectivity index (χ1v) is 19.1. The number of carboxylic acid groups (broad SMARTS) is 2. The first-order chi connectivity index (χ1) is 18.7. The number of unbranched alkanes of at least 4 members (excludes halogenated alkanes) is 2. The summed E-state index contributed by atoms with van der Waals surface area (Å²) in [7, 11) is 6.94. The van der Waals surface area contributed by atoms with Crippen LogP contribution in [0.4, 0.5) is 0 Å². The highest BCUT2D eigenvalue weighted by molar-refractivity contribution is 8.78. The van der Waals surface area contributed by atoms with Crippen molar-refractivity contribution >= 4 is 66.9 Å². The Hall–Kier alpha value is -0.720. The Labute approximate surface area is 250 Å². The molecule has 0 aromatic carbocycles. The molecule has 2 fully saturated rings. The number of carbonyl (C=O) groups excluding carboxylic acids is 2. The summed E-state index contributed by atoms with van der Waals surface area (Å²) in [5, 5.41) is 19.1. The van der Waals surface area contributed by atoms with Gasteiger partial charge in [0, 0.05) is 47.4 Å². The number of carboxylic acids is 2. The molecule has 0 spiro atoms. The second-order valence-corrected chi connectivity index (χ2v) is 15.2. The maximum Gasteiger partial charge on any atom is 0.326 e. The second-order valence-electron chi connectivity index (χ2n) is 9.93. The third-order valence-electron chi connectivity index (χ3n) is 6.79. The number of nitrogens with zero attached hydrogens (tertiary/aromatic N) is 2. The van der Waals surface area contributed by atoms with Crippen molar-refractivity contribution in [2.24, 2.45) is 11.8 Å². The molecular formula is C27H48N2O6S4. The number of aliphatic carboxylic acids is 2. The third kappa shape index (κ3) is 12.4. The summed E-state index contributed by atoms with van der Waals surface area (Å²) in [6.45, 7) is 11.0. The smallest absolute Gasteiger partial charge is 0.326 e. The maximum absolute atomic E-state index is 12.8. The van der Waals surface area contributed by atoms with Gasteiger partial charge in [-0.2, -0.15) is 0 Å². The molecule has 0 radical (unpaired) electrons. The van der Waals surface area contributed by atoms with Crippen molar-refractivity contribution in [3.05, 3.63) is 0 Å². The lowest BCUT2D eigenvalue weighted by Crippen LogP contribution is -2.43. The zero-order chi connectivity index (χ0) is 29.4. The highest BCUT2D eigenvalue weighted by Gasteiger charge is 2.36. The van der Waals surface area contributed by atoms with E-state index in [9.17, 15) is 29.4 Å². The molecule has 226 valence electrons. The van der Waals surface area contributed by atoms with Crippen LogP contribution in [0.25, 0.3) is 0 Å². The monoisotopic (exact) mass is 624 g/mol. The van der Waals surface area contributed by atoms with Crippen LogP contribution >= 0.6 is 43.2 Å². The van der Waals surface area contributed by atoms with Crippen LogP contribution in [-0.4, -0.2) is 91.4 Å². The molecular weight excluding hydrogens is 577 g/mol. The highest BCUT2D eigenvalue weighted by Crippen LogP contribution is 2.37. The van der Waals surface area contributed by atoms with Crippen LogP contribution < -0.4 is 0 Å². The van der Waals surface area contributed by atoms with Crippen LogP contribution in [0.15, 0.2) is 0 Å². The van der Waals surface area contributed by atoms with E-state index in [4.69, 9.17) is 0 Å². The number of hydrogen-bond acceptors (Lipinski definition) is 8. The Bertz CT molecular complexity index is 775. The number of carbonyl (C=O) groups is 4. The fourth-order valence-corrected chi connectivity index (χ4v) is 10.9. The summed E-state index contributed by atoms with van der Waals surface area (Å²) in [4.78, 5) is 51.4. The van der Waals surface area contributed by atoms with Crippen LogP contribution in [0.5, 0.6) is 0 Å². The summed E-state index contributed by atoms with van der Waals surface area (Å²) in [6.07, 6.45) is 7.15. The summed E-state index contributed by atoms with van der Waals surface area (Å²) < 4.78 is 0. The number of rotatable bonds is 17. The van der Waals surface area contributed by atoms with Gasteiger partial charge in [-0.15, -0.1) is 0 Å². The van der Waals surface area contributed by atoms with Gasteiger partial charge in [-0.05, 0) is 32.1 Å². The zero-order valence-electron chi connectivity index (χ0n) is 24.1. The normalized spacial score (nSPS) is 21.2. The molecule has 2 heterocycles. The van der Waals surface area contributed by atoms with E-state index in [2.05, 4.69) is 6.92 Å². The minimum atomic E-state index is -0.914. The molecule has 5 unspecified atom stereocenters. The first kappa shape index (κ1) is 36.3. The summed E-state index contributed by atoms with van der Waals surface area (Å²) in [6, 6.07) is -1.36. The second kappa shape index (κ2) is 20.2. The molecule has 0 saturated carbocycles. The molecule has 0 bridgehead atoms. The Balaban J connectivity index is 0.00000371. The van der Waals surface area contributed by atoms with Gasteiger partial charge in [0.05, 0.1) is 0 Å². The molecule has 2 amide bonds. The van der Waals surface area contributed by atoms with Crippen LogP contribution in [0.2, 0.25) is 0 Å². The van der Waals surface area contributed by atoms with Gasteiger partial charge in [-0.1, -0.05) is 97.1 Å². The Morgan fingerprint density at radius 1 is 0.769 bits per heavy atom. The van der Waals surface area contributed by atoms with Crippen molar-refractivity contribution in [3.63, 3.8) is 0 Å². The van der Waals surface area contributed by atoms with Crippen LogP contribution in [0.1, 0.15) is 86.0 Å². The van der Waals surface area contributed by atoms with E-state index in [1.807, 2.05) is 38.5 Å². The Kier molecular flexibility index (Phi) is 18.8. The Morgan fingerprint density at radius 2 is 1.23 bits per heavy atom. The van der Waals surface area contributed by atoms with Crippen molar-refractivity contribution in [2.75, 3.05) is 30.3 Å². The molecule has 12 heteroatoms. The predicted octanol–water partition coefficient (Wildman–Crippen LogP) is 6.15. The summed E-state index contributed by atoms with van der Waals surface area (Å²) in [5.74, 6) is -0.154. The van der Waals surface area contributed by atoms with E-state index < -0.39 is 24.0 Å². The molecule has 2 aliphatic rings. The number of amides is 2. The standard InChI is InChI=1S/C25H42N2O6S4.C2H6/c1-4-5-6-9-19(37-36-15-18(3)23(29)27-13-8-11-21(27)25(32)33)16-35-34-14-17(2)22(28)26-12-7-10-20(26)24(30)31;1-2/h17-21H,4-16H2,1-3H3,(H,30,31)(H,32,33);1-2H3. The molecule has 2 N–H and O–H groups in total. The van der Waals surface area contributed by atoms with Gasteiger partial charge >= 0.3 is 11.9 Å². The average molecular weight is 625 g/mol. The van der Waals surface area contributed by atoms with Gasteiger partial charge < -0.3 is 20.0 Å². The number of hydrogen-bond donors (Lipinski definition) is 2. The average Bonchev–Trinajstić information content (AvgIpc) is 3.61. The molecule has 2 rings (SSSR count). The molecule has 8 nitrogen and oxygen atoms in total. The summed E-state index contributed by atoms with van der Waals surface area (Å²) >= 11 is 0. The van der Waals surface area contributed by atoms with Crippen molar-refractivity contribution in [3.8, 4) is 0 Å². The minimum Gasteiger partial charge on any atom is -0.480 e. The lowest BCUT2D eigenvalue weighted by molar-refractivity contribution is -0.149. The fourth-order valence-electron chi connectivity index (χ4n) is 4.58. The van der Waals surface area contributed by atoms with Crippen molar-refractivity contribution in [1.82, 2.24) is 9.80 Å². The van der Waals surface area contributed by atoms with Crippen molar-refractivity contribution in [1.29, 1.82) is 0 Å². The molecule has 0 aromatic heterocycles. The fraction of sp³-hybridized carbons (Fsp3) is 0.852. The molecule has 0 aliphatic carbocycles. The first-order valence-electron chi connectivity index (χ1n) is 14.3. The quantitative estimate of drug-likeness (QED) is 0.144. The topological polar surface area (TPSA) is 115 Å². The molecule has 39 heavy (non-hydrogen) atoms. The predicted molar refractivity (Wildman–Crippen MR) is 167 cm³/mol. The molecule has 5 atom stereocenters. The van der Waals surface area contributed by atoms with E-state index in [1.54, 1.807) is 32.4 Å². The molecule has 2 saturated heterocycles. The minimum absolute atomic E-state index is 0.0627. The number of likely N-dealkylation sites (tertiary alicyclic amines) is 2. The third-order valence-corrected chi connectivity index (χ3v) is 12.7. The van der Waals surface area contributed by atoms with Gasteiger partial charge in [0.25, 0.3) is 0 Å². The van der Waals surface area contributed by atoms with Gasteiger partial charge in [-0.3, -0.25) is 9.59 Å². The van der Waals surface area contributed by atoms with Gasteiger partial charge in [0.2, 0.25) is 11.8 Å². The van der Waals surface area contributed by atoms with Gasteiger partial charge in [-0.25, -0.2) is 9.59 Å². The lowest BCUT2D eigenvalue weighted by Gasteiger charge is -2.25. The van der Waals surface area contributed by atoms with Gasteiger partial charge in [0.15, 0.2) is 0 Å². The summed E-state index contributed by atoms with van der Waals surface area (Å²) in [5.41, 5.74) is 0. The Morgan fingerprint density at radius 3 is 1.69 bits per heavy atom. The molecule has 0 aromatic rings.